The van der Waals surface area contributed by atoms with Gasteiger partial charge in [0.1, 0.15) is 0 Å². The lowest BCUT2D eigenvalue weighted by atomic mass is 10.1. The second kappa shape index (κ2) is 9.44. The van der Waals surface area contributed by atoms with Gasteiger partial charge in [-0.1, -0.05) is 35.9 Å². The lowest BCUT2D eigenvalue weighted by Crippen LogP contribution is -2.18. The molecule has 0 spiro atoms. The van der Waals surface area contributed by atoms with E-state index < -0.39 is 10.8 Å². The molecule has 3 aromatic rings. The van der Waals surface area contributed by atoms with Crippen molar-refractivity contribution < 1.29 is 14.5 Å². The molecule has 0 saturated heterocycles. The number of hydrogen-bond acceptors (Lipinski definition) is 5. The number of nitro groups is 1. The van der Waals surface area contributed by atoms with Crippen LogP contribution in [0, 0.1) is 10.1 Å². The van der Waals surface area contributed by atoms with Gasteiger partial charge in [0, 0.05) is 39.5 Å². The molecule has 9 heteroatoms. The van der Waals surface area contributed by atoms with Crippen LogP contribution in [0.15, 0.2) is 77.9 Å². The lowest BCUT2D eigenvalue weighted by molar-refractivity contribution is -0.384. The van der Waals surface area contributed by atoms with E-state index >= 15 is 0 Å². The van der Waals surface area contributed by atoms with Crippen molar-refractivity contribution in [2.75, 3.05) is 5.32 Å². The molecule has 8 nitrogen and oxygen atoms in total. The van der Waals surface area contributed by atoms with Crippen molar-refractivity contribution in [1.82, 2.24) is 5.43 Å². The molecule has 2 amide bonds. The van der Waals surface area contributed by atoms with Gasteiger partial charge in [-0.15, -0.1) is 0 Å². The predicted octanol–water partition coefficient (Wildman–Crippen LogP) is 4.26. The highest BCUT2D eigenvalue weighted by Gasteiger charge is 2.10. The third-order valence-corrected chi connectivity index (χ3v) is 4.17. The molecule has 3 aromatic carbocycles. The maximum atomic E-state index is 12.3. The van der Waals surface area contributed by atoms with Crippen molar-refractivity contribution in [3.05, 3.63) is 105 Å². The zero-order chi connectivity index (χ0) is 21.5. The minimum atomic E-state index is -0.515. The summed E-state index contributed by atoms with van der Waals surface area (Å²) in [5.74, 6) is -0.866. The summed E-state index contributed by atoms with van der Waals surface area (Å²) in [5.41, 5.74) is 3.82. The Kier molecular flexibility index (Phi) is 6.51. The molecule has 0 heterocycles. The Labute approximate surface area is 176 Å². The number of nitro benzene ring substituents is 1. The van der Waals surface area contributed by atoms with Gasteiger partial charge in [-0.25, -0.2) is 5.43 Å². The van der Waals surface area contributed by atoms with Crippen LogP contribution in [0.2, 0.25) is 5.02 Å². The fraction of sp³-hybridized carbons (Fsp3) is 0. The number of carbonyl (C=O) groups is 2. The van der Waals surface area contributed by atoms with E-state index in [1.165, 1.54) is 36.5 Å². The first-order valence-corrected chi connectivity index (χ1v) is 9.05. The van der Waals surface area contributed by atoms with Gasteiger partial charge in [-0.05, 0) is 36.4 Å². The second-order valence-electron chi connectivity index (χ2n) is 6.10. The minimum Gasteiger partial charge on any atom is -0.322 e. The molecule has 150 valence electrons. The first kappa shape index (κ1) is 20.7. The Bertz CT molecular complexity index is 1150. The topological polar surface area (TPSA) is 114 Å². The Balaban J connectivity index is 1.65. The summed E-state index contributed by atoms with van der Waals surface area (Å²) in [6, 6.07) is 18.7. The van der Waals surface area contributed by atoms with E-state index in [0.717, 1.165) is 0 Å². The highest BCUT2D eigenvalue weighted by Crippen LogP contribution is 2.15. The molecule has 0 radical (unpaired) electrons. The molecule has 30 heavy (non-hydrogen) atoms. The molecule has 0 unspecified atom stereocenters. The fourth-order valence-electron chi connectivity index (χ4n) is 2.52. The summed E-state index contributed by atoms with van der Waals surface area (Å²) in [6.07, 6.45) is 1.30. The number of carbonyl (C=O) groups excluding carboxylic acids is 2. The first-order chi connectivity index (χ1) is 14.4. The zero-order valence-electron chi connectivity index (χ0n) is 15.4. The van der Waals surface area contributed by atoms with E-state index in [1.54, 1.807) is 42.5 Å². The minimum absolute atomic E-state index is 0.0755. The van der Waals surface area contributed by atoms with Gasteiger partial charge in [0.05, 0.1) is 11.1 Å². The summed E-state index contributed by atoms with van der Waals surface area (Å²) in [4.78, 5) is 34.9. The van der Waals surface area contributed by atoms with Gasteiger partial charge in [0.2, 0.25) is 0 Å². The van der Waals surface area contributed by atoms with Crippen LogP contribution in [0.4, 0.5) is 11.4 Å². The quantitative estimate of drug-likeness (QED) is 0.351. The van der Waals surface area contributed by atoms with Gasteiger partial charge < -0.3 is 5.32 Å². The number of nitrogens with one attached hydrogen (secondary N) is 2. The molecular formula is C21H15ClN4O4. The van der Waals surface area contributed by atoms with E-state index in [1.807, 2.05) is 0 Å². The van der Waals surface area contributed by atoms with E-state index in [2.05, 4.69) is 15.8 Å². The summed E-state index contributed by atoms with van der Waals surface area (Å²) >= 11 is 5.90. The summed E-state index contributed by atoms with van der Waals surface area (Å²) in [6.45, 7) is 0. The number of non-ortho nitro benzene ring substituents is 1. The van der Waals surface area contributed by atoms with Gasteiger partial charge in [-0.2, -0.15) is 5.10 Å². The SMILES string of the molecule is O=C(N/N=C\c1cccc([N+](=O)[O-])c1)c1cccc(NC(=O)c2cccc(Cl)c2)c1. The largest absolute Gasteiger partial charge is 0.322 e. The predicted molar refractivity (Wildman–Crippen MR) is 114 cm³/mol. The molecular weight excluding hydrogens is 408 g/mol. The molecule has 0 aliphatic rings. The van der Waals surface area contributed by atoms with Crippen LogP contribution in [0.3, 0.4) is 0 Å². The smallest absolute Gasteiger partial charge is 0.271 e. The normalized spacial score (nSPS) is 10.6. The van der Waals surface area contributed by atoms with E-state index in [-0.39, 0.29) is 17.2 Å². The standard InChI is InChI=1S/C21H15ClN4O4/c22-17-7-2-5-15(11-17)20(27)24-18-8-3-6-16(12-18)21(28)25-23-13-14-4-1-9-19(10-14)26(29)30/h1-13H,(H,24,27)(H,25,28)/b23-13-. The third kappa shape index (κ3) is 5.49. The Morgan fingerprint density at radius 1 is 0.933 bits per heavy atom. The Hall–Kier alpha value is -4.04. The van der Waals surface area contributed by atoms with Gasteiger partial charge in [-0.3, -0.25) is 19.7 Å². The highest BCUT2D eigenvalue weighted by molar-refractivity contribution is 6.31. The van der Waals surface area contributed by atoms with Crippen molar-refractivity contribution in [1.29, 1.82) is 0 Å². The summed E-state index contributed by atoms with van der Waals surface area (Å²) in [7, 11) is 0. The number of hydrogen-bond donors (Lipinski definition) is 2. The number of rotatable bonds is 6. The van der Waals surface area contributed by atoms with Crippen LogP contribution in [0.5, 0.6) is 0 Å². The molecule has 0 fully saturated rings. The number of anilines is 1. The Morgan fingerprint density at radius 3 is 2.37 bits per heavy atom. The van der Waals surface area contributed by atoms with Gasteiger partial charge in [0.15, 0.2) is 0 Å². The summed E-state index contributed by atoms with van der Waals surface area (Å²) < 4.78 is 0. The number of halogens is 1. The van der Waals surface area contributed by atoms with E-state index in [4.69, 9.17) is 11.6 Å². The van der Waals surface area contributed by atoms with Crippen LogP contribution in [-0.4, -0.2) is 23.0 Å². The maximum Gasteiger partial charge on any atom is 0.271 e. The van der Waals surface area contributed by atoms with E-state index in [0.29, 0.717) is 21.8 Å². The van der Waals surface area contributed by atoms with Crippen molar-refractivity contribution in [2.45, 2.75) is 0 Å². The van der Waals surface area contributed by atoms with Gasteiger partial charge >= 0.3 is 0 Å². The van der Waals surface area contributed by atoms with E-state index in [9.17, 15) is 19.7 Å². The average molecular weight is 423 g/mol. The monoisotopic (exact) mass is 422 g/mol. The van der Waals surface area contributed by atoms with Crippen molar-refractivity contribution >= 4 is 41.0 Å². The highest BCUT2D eigenvalue weighted by atomic mass is 35.5. The zero-order valence-corrected chi connectivity index (χ0v) is 16.2. The van der Waals surface area contributed by atoms with Crippen LogP contribution in [0.25, 0.3) is 0 Å². The average Bonchev–Trinajstić information content (AvgIpc) is 2.74. The van der Waals surface area contributed by atoms with Crippen LogP contribution in [0.1, 0.15) is 26.3 Å². The molecule has 0 aliphatic carbocycles. The Morgan fingerprint density at radius 2 is 1.63 bits per heavy atom. The molecule has 0 atom stereocenters. The molecule has 0 bridgehead atoms. The van der Waals surface area contributed by atoms with Crippen LogP contribution in [-0.2, 0) is 0 Å². The molecule has 2 N–H and O–H groups in total. The number of nitrogens with zero attached hydrogens (tertiary/aromatic N) is 2. The molecule has 0 aromatic heterocycles. The first-order valence-electron chi connectivity index (χ1n) is 8.67. The number of hydrazone groups is 1. The second-order valence-corrected chi connectivity index (χ2v) is 6.53. The third-order valence-electron chi connectivity index (χ3n) is 3.93. The maximum absolute atomic E-state index is 12.3. The molecule has 3 rings (SSSR count). The van der Waals surface area contributed by atoms with Crippen molar-refractivity contribution in [3.63, 3.8) is 0 Å². The number of benzene rings is 3. The fourth-order valence-corrected chi connectivity index (χ4v) is 2.71. The van der Waals surface area contributed by atoms with Crippen LogP contribution >= 0.6 is 11.6 Å². The number of amides is 2. The van der Waals surface area contributed by atoms with Crippen molar-refractivity contribution in [3.8, 4) is 0 Å². The van der Waals surface area contributed by atoms with Crippen molar-refractivity contribution in [2.24, 2.45) is 5.10 Å². The molecule has 0 saturated carbocycles. The lowest BCUT2D eigenvalue weighted by Gasteiger charge is -2.07. The van der Waals surface area contributed by atoms with Gasteiger partial charge in [0.25, 0.3) is 17.5 Å². The summed E-state index contributed by atoms with van der Waals surface area (Å²) in [5, 5.41) is 17.7. The molecule has 0 aliphatic heterocycles. The van der Waals surface area contributed by atoms with Crippen LogP contribution < -0.4 is 10.7 Å².